The second-order valence-corrected chi connectivity index (χ2v) is 12.8. The minimum absolute atomic E-state index is 0.0734. The fourth-order valence-electron chi connectivity index (χ4n) is 4.28. The number of carboxylic acids is 1. The number of alkyl halides is 2. The number of benzene rings is 2. The Balaban J connectivity index is 1.49. The number of nitrogens with zero attached hydrogens (tertiary/aromatic N) is 2. The Morgan fingerprint density at radius 3 is 1.95 bits per heavy atom. The lowest BCUT2D eigenvalue weighted by Crippen LogP contribution is -2.51. The predicted octanol–water partition coefficient (Wildman–Crippen LogP) is 6.21. The van der Waals surface area contributed by atoms with Gasteiger partial charge in [-0.3, -0.25) is 14.4 Å². The van der Waals surface area contributed by atoms with Crippen LogP contribution >= 0.6 is 11.3 Å². The molecular formula is C33H34F2N4O4S. The van der Waals surface area contributed by atoms with Gasteiger partial charge in [0.15, 0.2) is 5.82 Å². The Morgan fingerprint density at radius 1 is 0.841 bits per heavy atom. The van der Waals surface area contributed by atoms with Gasteiger partial charge in [0.25, 0.3) is 11.8 Å². The number of aliphatic carboxylic acids is 1. The number of carboxylic acid groups (broad SMARTS) is 1. The van der Waals surface area contributed by atoms with E-state index >= 15 is 0 Å². The lowest BCUT2D eigenvalue weighted by atomic mass is 9.95. The highest BCUT2D eigenvalue weighted by Crippen LogP contribution is 2.30. The Morgan fingerprint density at radius 2 is 1.43 bits per heavy atom. The Bertz CT molecular complexity index is 1620. The Kier molecular flexibility index (Phi) is 9.58. The van der Waals surface area contributed by atoms with Crippen LogP contribution in [0.25, 0.3) is 22.5 Å². The van der Waals surface area contributed by atoms with E-state index in [2.05, 4.69) is 20.6 Å². The number of thiophene rings is 1. The minimum Gasteiger partial charge on any atom is -0.480 e. The summed E-state index contributed by atoms with van der Waals surface area (Å²) in [4.78, 5) is 47.8. The van der Waals surface area contributed by atoms with Crippen molar-refractivity contribution in [2.24, 2.45) is 0 Å². The monoisotopic (exact) mass is 620 g/mol. The van der Waals surface area contributed by atoms with Gasteiger partial charge in [0.1, 0.15) is 12.1 Å². The molecule has 2 aromatic carbocycles. The van der Waals surface area contributed by atoms with E-state index in [0.717, 1.165) is 17.4 Å². The summed E-state index contributed by atoms with van der Waals surface area (Å²) in [5.41, 5.74) is 2.61. The van der Waals surface area contributed by atoms with Gasteiger partial charge in [-0.15, -0.1) is 11.3 Å². The largest absolute Gasteiger partial charge is 0.480 e. The first-order valence-corrected chi connectivity index (χ1v) is 14.8. The van der Waals surface area contributed by atoms with E-state index in [1.54, 1.807) is 54.9 Å². The van der Waals surface area contributed by atoms with Crippen LogP contribution in [0.4, 0.5) is 8.78 Å². The number of nitrogens with one attached hydrogen (secondary N) is 2. The number of amides is 2. The quantitative estimate of drug-likeness (QED) is 0.194. The van der Waals surface area contributed by atoms with Crippen LogP contribution in [0.15, 0.2) is 73.1 Å². The van der Waals surface area contributed by atoms with Crippen LogP contribution in [-0.4, -0.2) is 44.9 Å². The highest BCUT2D eigenvalue weighted by atomic mass is 32.1. The summed E-state index contributed by atoms with van der Waals surface area (Å²) in [6.45, 7) is 8.34. The number of carbonyl (C=O) groups is 3. The van der Waals surface area contributed by atoms with Gasteiger partial charge in [0, 0.05) is 47.3 Å². The van der Waals surface area contributed by atoms with Crippen molar-refractivity contribution in [2.45, 2.75) is 64.5 Å². The van der Waals surface area contributed by atoms with E-state index in [1.165, 1.54) is 30.4 Å². The summed E-state index contributed by atoms with van der Waals surface area (Å²) in [6, 6.07) is 14.5. The van der Waals surface area contributed by atoms with Crippen molar-refractivity contribution >= 4 is 29.1 Å². The number of rotatable bonds is 10. The third kappa shape index (κ3) is 8.10. The van der Waals surface area contributed by atoms with E-state index in [1.807, 2.05) is 26.8 Å². The summed E-state index contributed by atoms with van der Waals surface area (Å²) in [7, 11) is 0. The fourth-order valence-corrected chi connectivity index (χ4v) is 5.25. The molecule has 0 aliphatic carbocycles. The Hall–Kier alpha value is -4.51. The van der Waals surface area contributed by atoms with Crippen LogP contribution in [0.2, 0.25) is 0 Å². The molecule has 2 amide bonds. The standard InChI is InChI=1S/C33H34F2N4O4S/c1-19(31(42)43)38-29(40)25(39-30(41)26-14-15-27(44-26)32(2,3)4)16-20-6-8-22(9-7-20)28-36-17-23(18-37-28)21-10-12-24(13-11-21)33(5,34)35/h6-15,17-19,25H,16H2,1-5H3,(H,38,40)(H,39,41)(H,42,43)/t19-,25+/m1/s1. The third-order valence-corrected chi connectivity index (χ3v) is 8.46. The maximum absolute atomic E-state index is 13.5. The molecule has 0 radical (unpaired) electrons. The van der Waals surface area contributed by atoms with Gasteiger partial charge in [-0.2, -0.15) is 0 Å². The SMILES string of the molecule is C[C@@H](NC(=O)[C@H](Cc1ccc(-c2ncc(-c3ccc(C(C)(F)F)cc3)cn2)cc1)NC(=O)c1ccc(C(C)(C)C)s1)C(=O)O. The highest BCUT2D eigenvalue weighted by Gasteiger charge is 2.27. The lowest BCUT2D eigenvalue weighted by molar-refractivity contribution is -0.141. The van der Waals surface area contributed by atoms with Gasteiger partial charge >= 0.3 is 5.97 Å². The maximum atomic E-state index is 13.5. The molecule has 4 rings (SSSR count). The van der Waals surface area contributed by atoms with E-state index in [4.69, 9.17) is 0 Å². The van der Waals surface area contributed by atoms with Crippen LogP contribution in [0.1, 0.15) is 60.3 Å². The normalized spacial score (nSPS) is 13.2. The molecule has 2 atom stereocenters. The molecule has 11 heteroatoms. The molecule has 3 N–H and O–H groups in total. The highest BCUT2D eigenvalue weighted by molar-refractivity contribution is 7.14. The third-order valence-electron chi connectivity index (χ3n) is 6.95. The molecule has 0 spiro atoms. The second-order valence-electron chi connectivity index (χ2n) is 11.7. The van der Waals surface area contributed by atoms with Crippen molar-refractivity contribution in [3.63, 3.8) is 0 Å². The summed E-state index contributed by atoms with van der Waals surface area (Å²) in [6.07, 6.45) is 3.35. The average molecular weight is 621 g/mol. The number of halogens is 2. The summed E-state index contributed by atoms with van der Waals surface area (Å²) >= 11 is 1.35. The number of hydrogen-bond acceptors (Lipinski definition) is 6. The smallest absolute Gasteiger partial charge is 0.325 e. The summed E-state index contributed by atoms with van der Waals surface area (Å²) < 4.78 is 27.0. The first-order valence-electron chi connectivity index (χ1n) is 14.0. The zero-order chi connectivity index (χ0) is 32.2. The topological polar surface area (TPSA) is 121 Å². The van der Waals surface area contributed by atoms with E-state index in [9.17, 15) is 28.3 Å². The van der Waals surface area contributed by atoms with Crippen LogP contribution in [0.5, 0.6) is 0 Å². The molecule has 230 valence electrons. The first kappa shape index (κ1) is 32.4. The molecule has 4 aromatic rings. The van der Waals surface area contributed by atoms with Gasteiger partial charge in [0.05, 0.1) is 4.88 Å². The van der Waals surface area contributed by atoms with Crippen molar-refractivity contribution < 1.29 is 28.3 Å². The molecule has 0 bridgehead atoms. The lowest BCUT2D eigenvalue weighted by Gasteiger charge is -2.20. The predicted molar refractivity (Wildman–Crippen MR) is 166 cm³/mol. The molecule has 0 saturated carbocycles. The first-order chi connectivity index (χ1) is 20.6. The molecular weight excluding hydrogens is 586 g/mol. The van der Waals surface area contributed by atoms with Crippen molar-refractivity contribution in [3.8, 4) is 22.5 Å². The fraction of sp³-hybridized carbons (Fsp3) is 0.303. The van der Waals surface area contributed by atoms with Crippen molar-refractivity contribution in [3.05, 3.63) is 93.9 Å². The van der Waals surface area contributed by atoms with Crippen molar-refractivity contribution in [2.75, 3.05) is 0 Å². The summed E-state index contributed by atoms with van der Waals surface area (Å²) in [5.74, 6) is -4.69. The van der Waals surface area contributed by atoms with Crippen LogP contribution < -0.4 is 10.6 Å². The van der Waals surface area contributed by atoms with Gasteiger partial charge in [-0.05, 0) is 35.6 Å². The van der Waals surface area contributed by atoms with Crippen LogP contribution in [0.3, 0.4) is 0 Å². The molecule has 44 heavy (non-hydrogen) atoms. The van der Waals surface area contributed by atoms with Crippen molar-refractivity contribution in [1.82, 2.24) is 20.6 Å². The van der Waals surface area contributed by atoms with Gasteiger partial charge < -0.3 is 15.7 Å². The second kappa shape index (κ2) is 13.0. The molecule has 0 aliphatic heterocycles. The van der Waals surface area contributed by atoms with Gasteiger partial charge in [-0.25, -0.2) is 18.7 Å². The molecule has 0 fully saturated rings. The Labute approximate surface area is 258 Å². The zero-order valence-electron chi connectivity index (χ0n) is 25.0. The molecule has 8 nitrogen and oxygen atoms in total. The van der Waals surface area contributed by atoms with E-state index in [-0.39, 0.29) is 17.4 Å². The molecule has 0 saturated heterocycles. The number of hydrogen-bond donors (Lipinski definition) is 3. The van der Waals surface area contributed by atoms with Crippen LogP contribution in [-0.2, 0) is 27.3 Å². The summed E-state index contributed by atoms with van der Waals surface area (Å²) in [5, 5.41) is 14.5. The number of aromatic nitrogens is 2. The zero-order valence-corrected chi connectivity index (χ0v) is 25.8. The van der Waals surface area contributed by atoms with Gasteiger partial charge in [-0.1, -0.05) is 69.3 Å². The molecule has 2 aromatic heterocycles. The number of carbonyl (C=O) groups excluding carboxylic acids is 2. The van der Waals surface area contributed by atoms with Crippen molar-refractivity contribution in [1.29, 1.82) is 0 Å². The van der Waals surface area contributed by atoms with Gasteiger partial charge in [0.2, 0.25) is 5.91 Å². The molecule has 2 heterocycles. The molecule has 0 aliphatic rings. The van der Waals surface area contributed by atoms with Crippen LogP contribution in [0, 0.1) is 0 Å². The van der Waals surface area contributed by atoms with E-state index < -0.39 is 35.8 Å². The maximum Gasteiger partial charge on any atom is 0.325 e. The molecule has 0 unspecified atom stereocenters. The minimum atomic E-state index is -2.92. The average Bonchev–Trinajstić information content (AvgIpc) is 3.48. The van der Waals surface area contributed by atoms with E-state index in [0.29, 0.717) is 27.4 Å².